The molecule has 11 heteroatoms. The maximum Gasteiger partial charge on any atom is 0.262 e. The highest BCUT2D eigenvalue weighted by atomic mass is 32.2. The van der Waals surface area contributed by atoms with Gasteiger partial charge in [0.15, 0.2) is 21.3 Å². The molecule has 0 unspecified atom stereocenters. The number of ether oxygens (including phenoxy) is 2. The van der Waals surface area contributed by atoms with Crippen molar-refractivity contribution in [2.24, 2.45) is 0 Å². The molecule has 9 nitrogen and oxygen atoms in total. The summed E-state index contributed by atoms with van der Waals surface area (Å²) in [5.74, 6) is -0.348. The molecule has 1 atom stereocenters. The monoisotopic (exact) mass is 548 g/mol. The minimum Gasteiger partial charge on any atom is -0.493 e. The van der Waals surface area contributed by atoms with E-state index in [1.807, 2.05) is 6.07 Å². The second-order valence-electron chi connectivity index (χ2n) is 8.76. The van der Waals surface area contributed by atoms with Gasteiger partial charge in [-0.15, -0.1) is 0 Å². The average Bonchev–Trinajstić information content (AvgIpc) is 3.32. The zero-order chi connectivity index (χ0) is 28.3. The molecule has 0 aliphatic rings. The largest absolute Gasteiger partial charge is 0.493 e. The highest BCUT2D eigenvalue weighted by Gasteiger charge is 2.18. The van der Waals surface area contributed by atoms with Gasteiger partial charge in [-0.2, -0.15) is 5.26 Å². The van der Waals surface area contributed by atoms with Crippen LogP contribution < -0.4 is 14.8 Å². The molecule has 0 fully saturated rings. The second kappa shape index (κ2) is 11.0. The third-order valence-corrected chi connectivity index (χ3v) is 7.26. The van der Waals surface area contributed by atoms with E-state index in [1.165, 1.54) is 38.6 Å². The number of methoxy groups -OCH3 is 2. The lowest BCUT2D eigenvalue weighted by Gasteiger charge is -2.16. The van der Waals surface area contributed by atoms with Gasteiger partial charge >= 0.3 is 0 Å². The summed E-state index contributed by atoms with van der Waals surface area (Å²) in [6.45, 7) is 1.78. The number of H-pyrrole nitrogens is 1. The smallest absolute Gasteiger partial charge is 0.262 e. The molecule has 1 amide bonds. The first kappa shape index (κ1) is 27.3. The number of carbonyl (C=O) groups excluding carboxylic acids is 1. The molecule has 0 saturated heterocycles. The predicted molar refractivity (Wildman–Crippen MR) is 144 cm³/mol. The third kappa shape index (κ3) is 5.76. The molecule has 0 radical (unpaired) electrons. The lowest BCUT2D eigenvalue weighted by molar-refractivity contribution is -0.117. The van der Waals surface area contributed by atoms with Gasteiger partial charge in [0, 0.05) is 35.2 Å². The fourth-order valence-corrected chi connectivity index (χ4v) is 4.82. The van der Waals surface area contributed by atoms with Gasteiger partial charge in [-0.1, -0.05) is 12.1 Å². The van der Waals surface area contributed by atoms with E-state index >= 15 is 0 Å². The van der Waals surface area contributed by atoms with Crippen LogP contribution in [0.15, 0.2) is 65.3 Å². The van der Waals surface area contributed by atoms with Crippen molar-refractivity contribution in [1.29, 1.82) is 5.26 Å². The standard InChI is InChI=1S/C28H25FN4O5S/c1-16(17-6-8-24(37-2)25(11-17)38-3)33-28(34)19(13-30)9-21-15-32-27-22(21)10-20(14-31-27)18-5-7-23(29)26(12-18)39(4,35)36/h5-12,14-16H,1-4H3,(H,31,32)(H,33,34)/b19-9+/t16-/m1/s1. The Bertz CT molecular complexity index is 1760. The van der Waals surface area contributed by atoms with E-state index in [1.54, 1.807) is 37.4 Å². The van der Waals surface area contributed by atoms with Gasteiger partial charge in [-0.3, -0.25) is 4.79 Å². The molecule has 2 N–H and O–H groups in total. The average molecular weight is 549 g/mol. The zero-order valence-corrected chi connectivity index (χ0v) is 22.4. The van der Waals surface area contributed by atoms with Gasteiger partial charge in [0.1, 0.15) is 28.0 Å². The minimum absolute atomic E-state index is 0.130. The highest BCUT2D eigenvalue weighted by Crippen LogP contribution is 2.31. The number of aromatic nitrogens is 2. The van der Waals surface area contributed by atoms with Crippen molar-refractivity contribution < 1.29 is 27.1 Å². The molecule has 0 aliphatic carbocycles. The van der Waals surface area contributed by atoms with Crippen LogP contribution >= 0.6 is 0 Å². The number of hydrogen-bond donors (Lipinski definition) is 2. The number of benzene rings is 2. The summed E-state index contributed by atoms with van der Waals surface area (Å²) in [5, 5.41) is 13.1. The lowest BCUT2D eigenvalue weighted by atomic mass is 10.0. The Balaban J connectivity index is 1.64. The SMILES string of the molecule is COc1ccc([C@@H](C)NC(=O)/C(C#N)=C/c2c[nH]c3ncc(-c4ccc(F)c(S(C)(=O)=O)c4)cc23)cc1OC. The van der Waals surface area contributed by atoms with Crippen molar-refractivity contribution in [1.82, 2.24) is 15.3 Å². The highest BCUT2D eigenvalue weighted by molar-refractivity contribution is 7.90. The van der Waals surface area contributed by atoms with Crippen LogP contribution in [0, 0.1) is 17.1 Å². The topological polar surface area (TPSA) is 134 Å². The fourth-order valence-electron chi connectivity index (χ4n) is 4.05. The van der Waals surface area contributed by atoms with Crippen molar-refractivity contribution >= 4 is 32.9 Å². The minimum atomic E-state index is -3.78. The number of nitriles is 1. The van der Waals surface area contributed by atoms with E-state index in [0.717, 1.165) is 17.9 Å². The first-order valence-corrected chi connectivity index (χ1v) is 13.6. The molecule has 4 aromatic rings. The lowest BCUT2D eigenvalue weighted by Crippen LogP contribution is -2.27. The van der Waals surface area contributed by atoms with Gasteiger partial charge in [0.05, 0.1) is 20.3 Å². The van der Waals surface area contributed by atoms with Gasteiger partial charge in [0.25, 0.3) is 5.91 Å². The predicted octanol–water partition coefficient (Wildman–Crippen LogP) is 4.57. The van der Waals surface area contributed by atoms with Crippen LogP contribution in [0.25, 0.3) is 28.2 Å². The second-order valence-corrected chi connectivity index (χ2v) is 10.7. The number of sulfone groups is 1. The van der Waals surface area contributed by atoms with Crippen LogP contribution in [-0.2, 0) is 14.6 Å². The van der Waals surface area contributed by atoms with Crippen molar-refractivity contribution in [3.63, 3.8) is 0 Å². The van der Waals surface area contributed by atoms with E-state index in [4.69, 9.17) is 9.47 Å². The summed E-state index contributed by atoms with van der Waals surface area (Å²) in [7, 11) is -0.728. The summed E-state index contributed by atoms with van der Waals surface area (Å²) in [5.41, 5.74) is 2.62. The Morgan fingerprint density at radius 2 is 1.87 bits per heavy atom. The van der Waals surface area contributed by atoms with Crippen molar-refractivity contribution in [2.75, 3.05) is 20.5 Å². The quantitative estimate of drug-likeness (QED) is 0.243. The zero-order valence-electron chi connectivity index (χ0n) is 21.6. The molecule has 2 aromatic carbocycles. The number of pyridine rings is 1. The van der Waals surface area contributed by atoms with Crippen LogP contribution in [0.1, 0.15) is 24.1 Å². The molecule has 39 heavy (non-hydrogen) atoms. The Kier molecular flexibility index (Phi) is 7.69. The summed E-state index contributed by atoms with van der Waals surface area (Å²) in [6, 6.07) is 12.3. The molecule has 0 spiro atoms. The van der Waals surface area contributed by atoms with Crippen LogP contribution in [0.4, 0.5) is 4.39 Å². The molecule has 0 bridgehead atoms. The molecule has 0 aliphatic heterocycles. The molecular weight excluding hydrogens is 523 g/mol. The number of carbonyl (C=O) groups is 1. The summed E-state index contributed by atoms with van der Waals surface area (Å²) >= 11 is 0. The number of aromatic amines is 1. The fraction of sp³-hybridized carbons (Fsp3) is 0.179. The first-order chi connectivity index (χ1) is 18.5. The van der Waals surface area contributed by atoms with E-state index in [-0.39, 0.29) is 5.57 Å². The molecule has 2 heterocycles. The van der Waals surface area contributed by atoms with Crippen molar-refractivity contribution in [2.45, 2.75) is 17.9 Å². The number of nitrogens with zero attached hydrogens (tertiary/aromatic N) is 2. The molecule has 0 saturated carbocycles. The van der Waals surface area contributed by atoms with Crippen LogP contribution in [0.3, 0.4) is 0 Å². The Hall–Kier alpha value is -4.69. The van der Waals surface area contributed by atoms with Crippen molar-refractivity contribution in [3.05, 3.63) is 77.4 Å². The molecule has 2 aromatic heterocycles. The Morgan fingerprint density at radius 3 is 2.54 bits per heavy atom. The van der Waals surface area contributed by atoms with Gasteiger partial charge in [0.2, 0.25) is 0 Å². The number of nitrogens with one attached hydrogen (secondary N) is 2. The Labute approximate surface area is 224 Å². The van der Waals surface area contributed by atoms with Crippen LogP contribution in [0.2, 0.25) is 0 Å². The van der Waals surface area contributed by atoms with E-state index in [2.05, 4.69) is 15.3 Å². The van der Waals surface area contributed by atoms with Crippen LogP contribution in [-0.4, -0.2) is 44.8 Å². The number of fused-ring (bicyclic) bond motifs is 1. The number of amides is 1. The van der Waals surface area contributed by atoms with Gasteiger partial charge in [-0.25, -0.2) is 17.8 Å². The maximum atomic E-state index is 14.1. The summed E-state index contributed by atoms with van der Waals surface area (Å²) in [4.78, 5) is 19.9. The van der Waals surface area contributed by atoms with E-state index in [9.17, 15) is 22.9 Å². The van der Waals surface area contributed by atoms with Gasteiger partial charge < -0.3 is 19.8 Å². The van der Waals surface area contributed by atoms with Crippen molar-refractivity contribution in [3.8, 4) is 28.7 Å². The third-order valence-electron chi connectivity index (χ3n) is 6.15. The number of halogens is 1. The first-order valence-electron chi connectivity index (χ1n) is 11.7. The van der Waals surface area contributed by atoms with E-state index in [0.29, 0.717) is 39.2 Å². The van der Waals surface area contributed by atoms with E-state index < -0.39 is 32.5 Å². The molecule has 200 valence electrons. The maximum absolute atomic E-state index is 14.1. The number of rotatable bonds is 8. The summed E-state index contributed by atoms with van der Waals surface area (Å²) < 4.78 is 48.6. The summed E-state index contributed by atoms with van der Waals surface area (Å²) in [6.07, 6.45) is 5.50. The molecular formula is C28H25FN4O5S. The van der Waals surface area contributed by atoms with Gasteiger partial charge in [-0.05, 0) is 54.5 Å². The van der Waals surface area contributed by atoms with Crippen LogP contribution in [0.5, 0.6) is 11.5 Å². The molecule has 4 rings (SSSR count). The Morgan fingerprint density at radius 1 is 1.13 bits per heavy atom. The normalized spacial score (nSPS) is 12.6. The number of hydrogen-bond acceptors (Lipinski definition) is 7.